The number of carbonyl (C=O) groups excluding carboxylic acids is 1. The van der Waals surface area contributed by atoms with Gasteiger partial charge in [-0.1, -0.05) is 36.9 Å². The summed E-state index contributed by atoms with van der Waals surface area (Å²) in [6, 6.07) is 16.1. The van der Waals surface area contributed by atoms with Gasteiger partial charge in [0.25, 0.3) is 0 Å². The fourth-order valence-electron chi connectivity index (χ4n) is 2.99. The van der Waals surface area contributed by atoms with Gasteiger partial charge in [-0.25, -0.2) is 14.3 Å². The Balaban J connectivity index is 1.51. The number of alkyl halides is 6. The van der Waals surface area contributed by atoms with E-state index in [1.165, 1.54) is 6.92 Å². The molecule has 2 aromatic carbocycles. The number of hydrogen-bond donors (Lipinski definition) is 0. The van der Waals surface area contributed by atoms with Crippen molar-refractivity contribution < 1.29 is 49.8 Å². The third-order valence-electron chi connectivity index (χ3n) is 4.72. The molecule has 1 aromatic heterocycles. The maximum atomic E-state index is 14.0. The van der Waals surface area contributed by atoms with Crippen molar-refractivity contribution in [1.29, 1.82) is 0 Å². The number of ether oxygens (including phenoxy) is 3. The highest BCUT2D eigenvalue weighted by Gasteiger charge is 2.51. The molecule has 0 fully saturated rings. The lowest BCUT2D eigenvalue weighted by Crippen LogP contribution is -2.41. The van der Waals surface area contributed by atoms with E-state index >= 15 is 0 Å². The van der Waals surface area contributed by atoms with E-state index in [1.807, 2.05) is 36.4 Å². The Labute approximate surface area is 212 Å². The second-order valence-electron chi connectivity index (χ2n) is 7.88. The minimum Gasteiger partial charge on any atom is -0.462 e. The first kappa shape index (κ1) is 28.6. The van der Waals surface area contributed by atoms with Crippen molar-refractivity contribution in [1.82, 2.24) is 0 Å². The van der Waals surface area contributed by atoms with Crippen LogP contribution in [0.4, 0.5) is 26.3 Å². The van der Waals surface area contributed by atoms with Crippen LogP contribution in [0.25, 0.3) is 22.3 Å². The Morgan fingerprint density at radius 2 is 1.59 bits per heavy atom. The Kier molecular flexibility index (Phi) is 8.98. The topological polar surface area (TPSA) is 57.9 Å². The lowest BCUT2D eigenvalue weighted by atomic mass is 10.1. The molecule has 1 heterocycles. The summed E-state index contributed by atoms with van der Waals surface area (Å²) in [4.78, 5) is 11.7. The van der Waals surface area contributed by atoms with E-state index in [4.69, 9.17) is 4.42 Å². The lowest BCUT2D eigenvalue weighted by molar-refractivity contribution is -0.514. The Morgan fingerprint density at radius 3 is 2.24 bits per heavy atom. The van der Waals surface area contributed by atoms with E-state index in [1.54, 1.807) is 18.2 Å². The first-order valence-corrected chi connectivity index (χ1v) is 11.8. The molecule has 0 N–H and O–H groups in total. The zero-order valence-corrected chi connectivity index (χ0v) is 20.3. The minimum absolute atomic E-state index is 0.101. The summed E-state index contributed by atoms with van der Waals surface area (Å²) in [5.41, 5.74) is 1.26. The molecule has 0 radical (unpaired) electrons. The molecular weight excluding hydrogens is 526 g/mol. The molecule has 0 saturated carbocycles. The molecule has 0 saturated heterocycles. The summed E-state index contributed by atoms with van der Waals surface area (Å²) in [5, 5.41) is 0.781. The van der Waals surface area contributed by atoms with Crippen molar-refractivity contribution in [3.8, 4) is 11.3 Å². The number of esters is 1. The van der Waals surface area contributed by atoms with Crippen molar-refractivity contribution in [3.05, 3.63) is 66.7 Å². The number of thioether (sulfide) groups is 1. The minimum atomic E-state index is -5.31. The molecule has 0 unspecified atom stereocenters. The average molecular weight is 549 g/mol. The van der Waals surface area contributed by atoms with E-state index in [0.717, 1.165) is 22.7 Å². The van der Waals surface area contributed by atoms with Crippen LogP contribution in [0.5, 0.6) is 0 Å². The molecule has 37 heavy (non-hydrogen) atoms. The first-order chi connectivity index (χ1) is 17.3. The summed E-state index contributed by atoms with van der Waals surface area (Å²) in [7, 11) is 0. The van der Waals surface area contributed by atoms with Crippen LogP contribution in [-0.4, -0.2) is 36.8 Å². The van der Waals surface area contributed by atoms with Gasteiger partial charge >= 0.3 is 24.5 Å². The third-order valence-corrected chi connectivity index (χ3v) is 5.72. The molecule has 0 aliphatic heterocycles. The highest BCUT2D eigenvalue weighted by molar-refractivity contribution is 7.99. The zero-order chi connectivity index (χ0) is 27.3. The molecule has 0 bridgehead atoms. The molecule has 0 aliphatic carbocycles. The van der Waals surface area contributed by atoms with Crippen LogP contribution in [0.2, 0.25) is 0 Å². The average Bonchev–Trinajstić information content (AvgIpc) is 3.21. The van der Waals surface area contributed by atoms with Gasteiger partial charge in [0.1, 0.15) is 11.3 Å². The lowest BCUT2D eigenvalue weighted by Gasteiger charge is -2.26. The van der Waals surface area contributed by atoms with Gasteiger partial charge in [-0.05, 0) is 31.2 Å². The predicted molar refractivity (Wildman–Crippen MR) is 124 cm³/mol. The van der Waals surface area contributed by atoms with Gasteiger partial charge in [0.05, 0.1) is 13.0 Å². The van der Waals surface area contributed by atoms with Crippen molar-refractivity contribution in [2.45, 2.75) is 43.2 Å². The quantitative estimate of drug-likeness (QED) is 0.0713. The highest BCUT2D eigenvalue weighted by atomic mass is 32.2. The highest BCUT2D eigenvalue weighted by Crippen LogP contribution is 2.37. The smallest absolute Gasteiger partial charge is 0.462 e. The van der Waals surface area contributed by atoms with Crippen molar-refractivity contribution in [2.75, 3.05) is 12.4 Å². The second kappa shape index (κ2) is 11.6. The molecule has 0 atom stereocenters. The van der Waals surface area contributed by atoms with Crippen LogP contribution in [0, 0.1) is 0 Å². The molecule has 0 spiro atoms. The summed E-state index contributed by atoms with van der Waals surface area (Å²) >= 11 is 0.913. The van der Waals surface area contributed by atoms with E-state index < -0.39 is 43.9 Å². The largest absolute Gasteiger partial charge is 0.494 e. The number of halogens is 6. The van der Waals surface area contributed by atoms with E-state index in [0.29, 0.717) is 16.2 Å². The summed E-state index contributed by atoms with van der Waals surface area (Å²) < 4.78 is 99.0. The van der Waals surface area contributed by atoms with E-state index in [-0.39, 0.29) is 11.3 Å². The SMILES string of the molecule is C=C(C)C(=O)OCCC(F)(F)OC(F)(F)OC(F)(F)CCSc1ccc2cc(-c3ccccc3)oc2c1. The monoisotopic (exact) mass is 548 g/mol. The van der Waals surface area contributed by atoms with Gasteiger partial charge in [-0.3, -0.25) is 0 Å². The molecule has 0 amide bonds. The van der Waals surface area contributed by atoms with Crippen LogP contribution in [0.3, 0.4) is 0 Å². The van der Waals surface area contributed by atoms with Crippen LogP contribution < -0.4 is 0 Å². The van der Waals surface area contributed by atoms with Gasteiger partial charge in [0.15, 0.2) is 0 Å². The second-order valence-corrected chi connectivity index (χ2v) is 9.05. The van der Waals surface area contributed by atoms with Crippen LogP contribution >= 0.6 is 11.8 Å². The predicted octanol–water partition coefficient (Wildman–Crippen LogP) is 7.86. The number of rotatable bonds is 13. The molecular formula is C25H22F6O5S. The van der Waals surface area contributed by atoms with Crippen molar-refractivity contribution in [3.63, 3.8) is 0 Å². The number of furan rings is 1. The molecule has 12 heteroatoms. The van der Waals surface area contributed by atoms with E-state index in [2.05, 4.69) is 20.8 Å². The van der Waals surface area contributed by atoms with Crippen LogP contribution in [0.15, 0.2) is 76.1 Å². The number of carbonyl (C=O) groups is 1. The van der Waals surface area contributed by atoms with E-state index in [9.17, 15) is 31.1 Å². The van der Waals surface area contributed by atoms with Crippen LogP contribution in [0.1, 0.15) is 19.8 Å². The van der Waals surface area contributed by atoms with Gasteiger partial charge in [-0.2, -0.15) is 17.6 Å². The normalized spacial score (nSPS) is 12.6. The van der Waals surface area contributed by atoms with Gasteiger partial charge in [0, 0.05) is 33.6 Å². The number of benzene rings is 2. The van der Waals surface area contributed by atoms with Gasteiger partial charge < -0.3 is 9.15 Å². The van der Waals surface area contributed by atoms with Gasteiger partial charge in [-0.15, -0.1) is 20.5 Å². The standard InChI is InChI=1S/C25H22F6O5S/c1-16(2)22(32)33-12-10-23(26,27)35-25(30,31)36-24(28,29)11-13-37-19-9-8-18-14-20(34-21(18)15-19)17-6-4-3-5-7-17/h3-9,14-15H,1,10-13H2,2H3. The Morgan fingerprint density at radius 1 is 0.946 bits per heavy atom. The molecule has 0 aliphatic rings. The fraction of sp³-hybridized carbons (Fsp3) is 0.320. The zero-order valence-electron chi connectivity index (χ0n) is 19.4. The Bertz CT molecular complexity index is 1230. The summed E-state index contributed by atoms with van der Waals surface area (Å²) in [5.74, 6) is -0.787. The first-order valence-electron chi connectivity index (χ1n) is 10.8. The Hall–Kier alpha value is -2.96. The van der Waals surface area contributed by atoms with Gasteiger partial charge in [0.2, 0.25) is 0 Å². The molecule has 3 aromatic rings. The maximum absolute atomic E-state index is 14.0. The molecule has 200 valence electrons. The molecule has 5 nitrogen and oxygen atoms in total. The van der Waals surface area contributed by atoms with Crippen molar-refractivity contribution in [2.24, 2.45) is 0 Å². The number of fused-ring (bicyclic) bond motifs is 1. The summed E-state index contributed by atoms with van der Waals surface area (Å²) in [6.45, 7) is 3.46. The third kappa shape index (κ3) is 8.83. The molecule has 3 rings (SSSR count). The number of hydrogen-bond acceptors (Lipinski definition) is 6. The maximum Gasteiger partial charge on any atom is 0.494 e. The van der Waals surface area contributed by atoms with Crippen molar-refractivity contribution >= 4 is 28.7 Å². The summed E-state index contributed by atoms with van der Waals surface area (Å²) in [6.07, 6.45) is -17.1. The van der Waals surface area contributed by atoms with Crippen LogP contribution in [-0.2, 0) is 19.0 Å². The fourth-order valence-corrected chi connectivity index (χ4v) is 3.92.